The highest BCUT2D eigenvalue weighted by Crippen LogP contribution is 2.23. The second kappa shape index (κ2) is 5.79. The maximum atomic E-state index is 8.78. The molecule has 0 aromatic carbocycles. The van der Waals surface area contributed by atoms with Crippen LogP contribution in [0.1, 0.15) is 43.9 Å². The van der Waals surface area contributed by atoms with Crippen LogP contribution in [0.3, 0.4) is 0 Å². The summed E-state index contributed by atoms with van der Waals surface area (Å²) in [7, 11) is 0. The van der Waals surface area contributed by atoms with Crippen molar-refractivity contribution in [2.45, 2.75) is 45.2 Å². The molecule has 1 N–H and O–H groups in total. The van der Waals surface area contributed by atoms with Gasteiger partial charge in [0.25, 0.3) is 0 Å². The van der Waals surface area contributed by atoms with E-state index in [1.807, 2.05) is 12.1 Å². The van der Waals surface area contributed by atoms with E-state index in [0.29, 0.717) is 11.7 Å². The Labute approximate surface area is 103 Å². The minimum Gasteiger partial charge on any atom is -0.310 e. The summed E-state index contributed by atoms with van der Waals surface area (Å²) >= 11 is 0. The molecule has 1 aliphatic rings. The van der Waals surface area contributed by atoms with Crippen molar-refractivity contribution < 1.29 is 0 Å². The normalized spacial score (nSPS) is 24.2. The molecule has 3 heteroatoms. The van der Waals surface area contributed by atoms with Crippen molar-refractivity contribution in [3.63, 3.8) is 0 Å². The summed E-state index contributed by atoms with van der Waals surface area (Å²) in [6, 6.07) is 6.54. The van der Waals surface area contributed by atoms with Gasteiger partial charge in [-0.1, -0.05) is 19.8 Å². The molecule has 0 amide bonds. The van der Waals surface area contributed by atoms with E-state index in [9.17, 15) is 0 Å². The fourth-order valence-electron chi connectivity index (χ4n) is 2.53. The summed E-state index contributed by atoms with van der Waals surface area (Å²) in [6.07, 6.45) is 6.96. The van der Waals surface area contributed by atoms with Gasteiger partial charge in [0.05, 0.1) is 0 Å². The molecule has 0 spiro atoms. The second-order valence-corrected chi connectivity index (χ2v) is 5.01. The SMILES string of the molecule is CC1CCCC(NCc2ccnc(C#N)c2)C1. The second-order valence-electron chi connectivity index (χ2n) is 5.01. The molecule has 1 fully saturated rings. The molecule has 0 aliphatic heterocycles. The lowest BCUT2D eigenvalue weighted by atomic mass is 9.87. The molecule has 90 valence electrons. The summed E-state index contributed by atoms with van der Waals surface area (Å²) in [5, 5.41) is 12.4. The number of hydrogen-bond acceptors (Lipinski definition) is 3. The Kier molecular flexibility index (Phi) is 4.11. The summed E-state index contributed by atoms with van der Waals surface area (Å²) in [4.78, 5) is 3.98. The Morgan fingerprint density at radius 1 is 1.53 bits per heavy atom. The number of rotatable bonds is 3. The van der Waals surface area contributed by atoms with Crippen molar-refractivity contribution in [2.75, 3.05) is 0 Å². The largest absolute Gasteiger partial charge is 0.310 e. The molecular formula is C14H19N3. The van der Waals surface area contributed by atoms with Crippen LogP contribution in [0, 0.1) is 17.2 Å². The van der Waals surface area contributed by atoms with Crippen LogP contribution in [-0.2, 0) is 6.54 Å². The van der Waals surface area contributed by atoms with Crippen molar-refractivity contribution in [3.05, 3.63) is 29.6 Å². The van der Waals surface area contributed by atoms with Crippen LogP contribution in [0.4, 0.5) is 0 Å². The molecule has 1 heterocycles. The molecule has 2 unspecified atom stereocenters. The predicted molar refractivity (Wildman–Crippen MR) is 67.2 cm³/mol. The van der Waals surface area contributed by atoms with Gasteiger partial charge in [0.1, 0.15) is 11.8 Å². The summed E-state index contributed by atoms with van der Waals surface area (Å²) in [5.74, 6) is 0.841. The Hall–Kier alpha value is -1.40. The van der Waals surface area contributed by atoms with E-state index in [-0.39, 0.29) is 0 Å². The highest BCUT2D eigenvalue weighted by atomic mass is 14.9. The zero-order chi connectivity index (χ0) is 12.1. The maximum absolute atomic E-state index is 8.78. The van der Waals surface area contributed by atoms with E-state index in [0.717, 1.165) is 18.0 Å². The molecule has 3 nitrogen and oxygen atoms in total. The van der Waals surface area contributed by atoms with E-state index in [1.165, 1.54) is 25.7 Å². The number of hydrogen-bond donors (Lipinski definition) is 1. The lowest BCUT2D eigenvalue weighted by Crippen LogP contribution is -2.33. The Bertz CT molecular complexity index is 408. The van der Waals surface area contributed by atoms with Crippen LogP contribution in [0.15, 0.2) is 18.3 Å². The Balaban J connectivity index is 1.87. The molecule has 0 radical (unpaired) electrons. The van der Waals surface area contributed by atoms with Gasteiger partial charge < -0.3 is 5.32 Å². The molecule has 2 rings (SSSR count). The van der Waals surface area contributed by atoms with Crippen molar-refractivity contribution >= 4 is 0 Å². The molecule has 0 bridgehead atoms. The molecule has 2 atom stereocenters. The number of nitriles is 1. The van der Waals surface area contributed by atoms with Crippen molar-refractivity contribution in [1.82, 2.24) is 10.3 Å². The minimum atomic E-state index is 0.501. The van der Waals surface area contributed by atoms with E-state index in [2.05, 4.69) is 23.3 Å². The lowest BCUT2D eigenvalue weighted by molar-refractivity contribution is 0.300. The van der Waals surface area contributed by atoms with Gasteiger partial charge in [0.15, 0.2) is 0 Å². The molecule has 17 heavy (non-hydrogen) atoms. The van der Waals surface area contributed by atoms with E-state index in [4.69, 9.17) is 5.26 Å². The van der Waals surface area contributed by atoms with Crippen LogP contribution >= 0.6 is 0 Å². The topological polar surface area (TPSA) is 48.7 Å². The van der Waals surface area contributed by atoms with Gasteiger partial charge in [-0.25, -0.2) is 4.98 Å². The molecule has 1 saturated carbocycles. The lowest BCUT2D eigenvalue weighted by Gasteiger charge is -2.27. The number of nitrogens with zero attached hydrogens (tertiary/aromatic N) is 2. The summed E-state index contributed by atoms with van der Waals surface area (Å²) in [6.45, 7) is 3.17. The van der Waals surface area contributed by atoms with Gasteiger partial charge in [-0.05, 0) is 36.5 Å². The average Bonchev–Trinajstić information content (AvgIpc) is 2.37. The zero-order valence-electron chi connectivity index (χ0n) is 10.3. The fraction of sp³-hybridized carbons (Fsp3) is 0.571. The van der Waals surface area contributed by atoms with Crippen LogP contribution in [-0.4, -0.2) is 11.0 Å². The van der Waals surface area contributed by atoms with Crippen molar-refractivity contribution in [3.8, 4) is 6.07 Å². The highest BCUT2D eigenvalue weighted by molar-refractivity contribution is 5.25. The van der Waals surface area contributed by atoms with Crippen LogP contribution in [0.25, 0.3) is 0 Å². The first-order valence-corrected chi connectivity index (χ1v) is 6.36. The quantitative estimate of drug-likeness (QED) is 0.866. The third-order valence-electron chi connectivity index (χ3n) is 3.47. The van der Waals surface area contributed by atoms with Crippen LogP contribution < -0.4 is 5.32 Å². The number of aromatic nitrogens is 1. The fourth-order valence-corrected chi connectivity index (χ4v) is 2.53. The maximum Gasteiger partial charge on any atom is 0.140 e. The van der Waals surface area contributed by atoms with Gasteiger partial charge in [-0.3, -0.25) is 0 Å². The summed E-state index contributed by atoms with van der Waals surface area (Å²) in [5.41, 5.74) is 1.65. The highest BCUT2D eigenvalue weighted by Gasteiger charge is 2.17. The van der Waals surface area contributed by atoms with Gasteiger partial charge in [-0.15, -0.1) is 0 Å². The monoisotopic (exact) mass is 229 g/mol. The average molecular weight is 229 g/mol. The van der Waals surface area contributed by atoms with E-state index < -0.39 is 0 Å². The third-order valence-corrected chi connectivity index (χ3v) is 3.47. The molecule has 1 aromatic heterocycles. The van der Waals surface area contributed by atoms with Crippen molar-refractivity contribution in [1.29, 1.82) is 5.26 Å². The van der Waals surface area contributed by atoms with Gasteiger partial charge in [-0.2, -0.15) is 5.26 Å². The smallest absolute Gasteiger partial charge is 0.140 e. The first-order chi connectivity index (χ1) is 8.28. The van der Waals surface area contributed by atoms with Gasteiger partial charge in [0, 0.05) is 18.8 Å². The van der Waals surface area contributed by atoms with Gasteiger partial charge >= 0.3 is 0 Å². The Morgan fingerprint density at radius 3 is 3.18 bits per heavy atom. The zero-order valence-corrected chi connectivity index (χ0v) is 10.3. The van der Waals surface area contributed by atoms with Crippen LogP contribution in [0.5, 0.6) is 0 Å². The molecule has 0 saturated heterocycles. The first-order valence-electron chi connectivity index (χ1n) is 6.36. The van der Waals surface area contributed by atoms with Crippen molar-refractivity contribution in [2.24, 2.45) is 5.92 Å². The third kappa shape index (κ3) is 3.54. The van der Waals surface area contributed by atoms with E-state index in [1.54, 1.807) is 6.20 Å². The first kappa shape index (κ1) is 12.1. The predicted octanol–water partition coefficient (Wildman–Crippen LogP) is 2.62. The molecule has 1 aromatic rings. The number of nitrogens with one attached hydrogen (secondary N) is 1. The molecular weight excluding hydrogens is 210 g/mol. The number of pyridine rings is 1. The van der Waals surface area contributed by atoms with E-state index >= 15 is 0 Å². The molecule has 1 aliphatic carbocycles. The van der Waals surface area contributed by atoms with Gasteiger partial charge in [0.2, 0.25) is 0 Å². The summed E-state index contributed by atoms with van der Waals surface area (Å²) < 4.78 is 0. The minimum absolute atomic E-state index is 0.501. The van der Waals surface area contributed by atoms with Crippen LogP contribution in [0.2, 0.25) is 0 Å². The Morgan fingerprint density at radius 2 is 2.41 bits per heavy atom. The standard InChI is InChI=1S/C14H19N3/c1-11-3-2-4-13(7-11)17-10-12-5-6-16-14(8-12)9-15/h5-6,8,11,13,17H,2-4,7,10H2,1H3.